The summed E-state index contributed by atoms with van der Waals surface area (Å²) in [5.41, 5.74) is 0.324. The molecule has 0 saturated carbocycles. The summed E-state index contributed by atoms with van der Waals surface area (Å²) >= 11 is 0. The first-order valence-electron chi connectivity index (χ1n) is 7.71. The lowest BCUT2D eigenvalue weighted by Crippen LogP contribution is -2.34. The first-order valence-corrected chi connectivity index (χ1v) is 7.71. The number of amides is 1. The minimum absolute atomic E-state index is 0.0641. The molecule has 130 valence electrons. The number of aromatic nitrogens is 2. The molecule has 1 aromatic heterocycles. The van der Waals surface area contributed by atoms with Crippen molar-refractivity contribution in [3.8, 4) is 0 Å². The molecule has 1 N–H and O–H groups in total. The van der Waals surface area contributed by atoms with Crippen molar-refractivity contribution >= 4 is 12.1 Å². The third kappa shape index (κ3) is 5.92. The Hall–Kier alpha value is -2.05. The van der Waals surface area contributed by atoms with Crippen LogP contribution in [0.15, 0.2) is 12.5 Å². The van der Waals surface area contributed by atoms with Crippen LogP contribution in [-0.2, 0) is 20.7 Å². The maximum atomic E-state index is 12.0. The van der Waals surface area contributed by atoms with Gasteiger partial charge in [0, 0.05) is 24.9 Å². The van der Waals surface area contributed by atoms with Gasteiger partial charge in [0.05, 0.1) is 13.4 Å². The van der Waals surface area contributed by atoms with E-state index in [1.807, 2.05) is 34.6 Å². The van der Waals surface area contributed by atoms with E-state index in [-0.39, 0.29) is 11.9 Å². The Morgan fingerprint density at radius 2 is 2.00 bits per heavy atom. The molecule has 0 radical (unpaired) electrons. The summed E-state index contributed by atoms with van der Waals surface area (Å²) in [6.45, 7) is 9.73. The lowest BCUT2D eigenvalue weighted by atomic mass is 10.0. The van der Waals surface area contributed by atoms with Gasteiger partial charge in [0.15, 0.2) is 0 Å². The molecule has 1 heterocycles. The molecule has 1 aromatic rings. The van der Waals surface area contributed by atoms with Crippen LogP contribution in [0.2, 0.25) is 0 Å². The second kappa shape index (κ2) is 7.99. The number of nitrogens with one attached hydrogen (secondary N) is 1. The van der Waals surface area contributed by atoms with Gasteiger partial charge >= 0.3 is 12.1 Å². The second-order valence-electron chi connectivity index (χ2n) is 6.68. The molecule has 0 saturated heterocycles. The van der Waals surface area contributed by atoms with Gasteiger partial charge in [-0.15, -0.1) is 0 Å². The second-order valence-corrected chi connectivity index (χ2v) is 6.68. The molecule has 0 spiro atoms. The van der Waals surface area contributed by atoms with E-state index in [1.165, 1.54) is 7.11 Å². The summed E-state index contributed by atoms with van der Waals surface area (Å²) in [7, 11) is 1.37. The molecular formula is C16H27N3O4. The molecule has 0 aromatic carbocycles. The number of methoxy groups -OCH3 is 1. The fourth-order valence-corrected chi connectivity index (χ4v) is 2.21. The third-order valence-corrected chi connectivity index (χ3v) is 3.17. The van der Waals surface area contributed by atoms with E-state index in [0.717, 1.165) is 5.69 Å². The van der Waals surface area contributed by atoms with Crippen LogP contribution in [0.4, 0.5) is 4.79 Å². The highest BCUT2D eigenvalue weighted by Crippen LogP contribution is 2.21. The molecular weight excluding hydrogens is 298 g/mol. The van der Waals surface area contributed by atoms with Gasteiger partial charge in [0.1, 0.15) is 11.6 Å². The van der Waals surface area contributed by atoms with E-state index in [1.54, 1.807) is 17.1 Å². The smallest absolute Gasteiger partial charge is 0.407 e. The monoisotopic (exact) mass is 325 g/mol. The van der Waals surface area contributed by atoms with Crippen molar-refractivity contribution in [3.63, 3.8) is 0 Å². The number of nitrogens with zero attached hydrogens (tertiary/aromatic N) is 2. The number of carbonyl (C=O) groups excluding carboxylic acids is 2. The van der Waals surface area contributed by atoms with Crippen molar-refractivity contribution in [1.82, 2.24) is 14.9 Å². The van der Waals surface area contributed by atoms with Crippen molar-refractivity contribution in [1.29, 1.82) is 0 Å². The molecule has 1 rings (SSSR count). The van der Waals surface area contributed by atoms with Crippen LogP contribution < -0.4 is 5.32 Å². The SMILES string of the molecule is COC(=O)C(C(C)C)n1cncc1CCNC(=O)OC(C)(C)C. The van der Waals surface area contributed by atoms with Crippen LogP contribution in [0.3, 0.4) is 0 Å². The fraction of sp³-hybridized carbons (Fsp3) is 0.688. The van der Waals surface area contributed by atoms with Crippen LogP contribution in [-0.4, -0.2) is 40.9 Å². The Labute approximate surface area is 137 Å². The molecule has 1 amide bonds. The Bertz CT molecular complexity index is 532. The number of esters is 1. The van der Waals surface area contributed by atoms with Gasteiger partial charge in [-0.3, -0.25) is 0 Å². The Morgan fingerprint density at radius 3 is 2.52 bits per heavy atom. The summed E-state index contributed by atoms with van der Waals surface area (Å²) in [6.07, 6.45) is 3.39. The number of ether oxygens (including phenoxy) is 2. The molecule has 1 unspecified atom stereocenters. The van der Waals surface area contributed by atoms with E-state index in [0.29, 0.717) is 13.0 Å². The van der Waals surface area contributed by atoms with Crippen molar-refractivity contribution < 1.29 is 19.1 Å². The van der Waals surface area contributed by atoms with Crippen LogP contribution >= 0.6 is 0 Å². The molecule has 0 aliphatic rings. The van der Waals surface area contributed by atoms with Gasteiger partial charge in [-0.2, -0.15) is 0 Å². The number of hydrogen-bond donors (Lipinski definition) is 1. The molecule has 1 atom stereocenters. The quantitative estimate of drug-likeness (QED) is 0.812. The maximum Gasteiger partial charge on any atom is 0.407 e. The molecule has 0 aliphatic carbocycles. The van der Waals surface area contributed by atoms with E-state index in [2.05, 4.69) is 10.3 Å². The summed E-state index contributed by atoms with van der Waals surface area (Å²) in [6, 6.07) is -0.431. The number of alkyl carbamates (subject to hydrolysis) is 1. The first-order chi connectivity index (χ1) is 10.7. The third-order valence-electron chi connectivity index (χ3n) is 3.17. The Kier molecular flexibility index (Phi) is 6.60. The van der Waals surface area contributed by atoms with Crippen LogP contribution in [0.5, 0.6) is 0 Å². The average Bonchev–Trinajstić information content (AvgIpc) is 2.84. The number of imidazole rings is 1. The highest BCUT2D eigenvalue weighted by Gasteiger charge is 2.26. The highest BCUT2D eigenvalue weighted by molar-refractivity contribution is 5.74. The minimum atomic E-state index is -0.528. The molecule has 23 heavy (non-hydrogen) atoms. The predicted molar refractivity (Wildman–Crippen MR) is 86.1 cm³/mol. The zero-order valence-corrected chi connectivity index (χ0v) is 14.8. The summed E-state index contributed by atoms with van der Waals surface area (Å²) in [4.78, 5) is 27.7. The highest BCUT2D eigenvalue weighted by atomic mass is 16.6. The first kappa shape index (κ1) is 19.0. The van der Waals surface area contributed by atoms with Gasteiger partial charge in [0.2, 0.25) is 0 Å². The average molecular weight is 325 g/mol. The largest absolute Gasteiger partial charge is 0.467 e. The van der Waals surface area contributed by atoms with E-state index < -0.39 is 17.7 Å². The maximum absolute atomic E-state index is 12.0. The van der Waals surface area contributed by atoms with Gasteiger partial charge in [0.25, 0.3) is 0 Å². The normalized spacial score (nSPS) is 12.8. The summed E-state index contributed by atoms with van der Waals surface area (Å²) < 4.78 is 11.9. The van der Waals surface area contributed by atoms with Crippen molar-refractivity contribution in [2.45, 2.75) is 52.7 Å². The van der Waals surface area contributed by atoms with Gasteiger partial charge in [-0.05, 0) is 26.7 Å². The lowest BCUT2D eigenvalue weighted by Gasteiger charge is -2.22. The van der Waals surface area contributed by atoms with E-state index in [9.17, 15) is 9.59 Å². The molecule has 0 bridgehead atoms. The number of rotatable bonds is 6. The summed E-state index contributed by atoms with van der Waals surface area (Å²) in [5, 5.41) is 2.70. The van der Waals surface area contributed by atoms with Crippen molar-refractivity contribution in [3.05, 3.63) is 18.2 Å². The van der Waals surface area contributed by atoms with Gasteiger partial charge in [-0.25, -0.2) is 14.6 Å². The topological polar surface area (TPSA) is 82.5 Å². The van der Waals surface area contributed by atoms with E-state index in [4.69, 9.17) is 9.47 Å². The standard InChI is InChI=1S/C16H27N3O4/c1-11(2)13(14(20)22-6)19-10-17-9-12(19)7-8-18-15(21)23-16(3,4)5/h9-11,13H,7-8H2,1-6H3,(H,18,21). The number of hydrogen-bond acceptors (Lipinski definition) is 5. The zero-order valence-electron chi connectivity index (χ0n) is 14.8. The summed E-state index contributed by atoms with van der Waals surface area (Å²) in [5.74, 6) is -0.242. The van der Waals surface area contributed by atoms with Crippen molar-refractivity contribution in [2.75, 3.05) is 13.7 Å². The minimum Gasteiger partial charge on any atom is -0.467 e. The predicted octanol–water partition coefficient (Wildman–Crippen LogP) is 2.32. The Morgan fingerprint density at radius 1 is 1.35 bits per heavy atom. The van der Waals surface area contributed by atoms with Crippen LogP contribution in [0.25, 0.3) is 0 Å². The number of carbonyl (C=O) groups is 2. The molecule has 0 fully saturated rings. The van der Waals surface area contributed by atoms with Gasteiger partial charge in [-0.1, -0.05) is 13.8 Å². The lowest BCUT2D eigenvalue weighted by molar-refractivity contribution is -0.146. The molecule has 7 heteroatoms. The van der Waals surface area contributed by atoms with Crippen LogP contribution in [0, 0.1) is 5.92 Å². The fourth-order valence-electron chi connectivity index (χ4n) is 2.21. The Balaban J connectivity index is 2.68. The van der Waals surface area contributed by atoms with Gasteiger partial charge < -0.3 is 19.4 Å². The van der Waals surface area contributed by atoms with E-state index >= 15 is 0 Å². The van der Waals surface area contributed by atoms with Crippen molar-refractivity contribution in [2.24, 2.45) is 5.92 Å². The molecule has 0 aliphatic heterocycles. The molecule has 7 nitrogen and oxygen atoms in total. The zero-order chi connectivity index (χ0) is 17.6. The van der Waals surface area contributed by atoms with Crippen LogP contribution in [0.1, 0.15) is 46.4 Å².